The molecule has 74 valence electrons. The van der Waals surface area contributed by atoms with E-state index in [2.05, 4.69) is 4.74 Å². The Morgan fingerprint density at radius 2 is 1.73 bits per heavy atom. The Morgan fingerprint density at radius 1 is 1.27 bits per heavy atom. The third-order valence-corrected chi connectivity index (χ3v) is 1.02. The van der Waals surface area contributed by atoms with Gasteiger partial charge in [0.1, 0.15) is 12.7 Å². The molecule has 0 saturated heterocycles. The predicted octanol–water partition coefficient (Wildman–Crippen LogP) is -6.65. The van der Waals surface area contributed by atoms with E-state index in [0.717, 1.165) is 0 Å². The molecule has 9 heteroatoms. The van der Waals surface area contributed by atoms with Crippen LogP contribution in [0.4, 0.5) is 0 Å². The zero-order valence-electron chi connectivity index (χ0n) is 8.10. The van der Waals surface area contributed by atoms with E-state index in [-0.39, 0.29) is 70.9 Å². The minimum Gasteiger partial charge on any atom is -0.550 e. The van der Waals surface area contributed by atoms with Crippen LogP contribution in [0.1, 0.15) is 6.42 Å². The molecule has 0 spiro atoms. The van der Waals surface area contributed by atoms with E-state index < -0.39 is 37.0 Å². The van der Waals surface area contributed by atoms with Crippen molar-refractivity contribution in [1.29, 1.82) is 0 Å². The van der Waals surface area contributed by atoms with Gasteiger partial charge in [-0.15, -0.1) is 0 Å². The Hall–Kier alpha value is 0.630. The molecular weight excluding hydrogens is 289 g/mol. The molecule has 0 rings (SSSR count). The number of hydrogen-bond donors (Lipinski definition) is 1. The van der Waals surface area contributed by atoms with Crippen molar-refractivity contribution in [3.8, 4) is 0 Å². The summed E-state index contributed by atoms with van der Waals surface area (Å²) in [7, 11) is 0. The quantitative estimate of drug-likeness (QED) is 0.482. The molecule has 0 aromatic heterocycles. The molecule has 0 aliphatic heterocycles. The summed E-state index contributed by atoms with van der Waals surface area (Å²) in [6.07, 6.45) is -2.73. The fourth-order valence-electron chi connectivity index (χ4n) is 0.534. The Morgan fingerprint density at radius 3 is 2.00 bits per heavy atom. The maximum absolute atomic E-state index is 10.1. The van der Waals surface area contributed by atoms with Gasteiger partial charge in [0.25, 0.3) is 0 Å². The summed E-state index contributed by atoms with van der Waals surface area (Å²) in [6, 6.07) is 0. The van der Waals surface area contributed by atoms with Crippen LogP contribution >= 0.6 is 0 Å². The zero-order valence-corrected chi connectivity index (χ0v) is 14.2. The molecule has 0 aliphatic carbocycles. The van der Waals surface area contributed by atoms with Gasteiger partial charge in [-0.3, -0.25) is 0 Å². The summed E-state index contributed by atoms with van der Waals surface area (Å²) in [6.45, 7) is -0.897. The SMILES string of the molecule is O=C([O-])CC(OCC(=O)O)C(=O)[O-].[K+].[Zn+2]. The molecule has 0 saturated carbocycles. The minimum atomic E-state index is -1.79. The molecule has 0 bridgehead atoms. The van der Waals surface area contributed by atoms with Crippen LogP contribution in [0.5, 0.6) is 0 Å². The summed E-state index contributed by atoms with van der Waals surface area (Å²) in [5, 5.41) is 28.1. The second-order valence-electron chi connectivity index (χ2n) is 2.09. The summed E-state index contributed by atoms with van der Waals surface area (Å²) >= 11 is 0. The molecule has 1 unspecified atom stereocenters. The zero-order chi connectivity index (χ0) is 10.4. The summed E-state index contributed by atoms with van der Waals surface area (Å²) in [5.41, 5.74) is 0. The number of aliphatic carboxylic acids is 3. The molecule has 1 atom stereocenters. The number of hydrogen-bond acceptors (Lipinski definition) is 6. The van der Waals surface area contributed by atoms with Gasteiger partial charge >= 0.3 is 76.8 Å². The maximum Gasteiger partial charge on any atom is 2.00 e. The molecular formula is C6H6KO7Zn+. The molecule has 15 heavy (non-hydrogen) atoms. The average molecular weight is 295 g/mol. The Bertz CT molecular complexity index is 232. The van der Waals surface area contributed by atoms with E-state index in [1.807, 2.05) is 0 Å². The van der Waals surface area contributed by atoms with Gasteiger partial charge in [0.15, 0.2) is 0 Å². The molecule has 0 fully saturated rings. The molecule has 7 nitrogen and oxygen atoms in total. The first-order chi connectivity index (χ1) is 5.93. The summed E-state index contributed by atoms with van der Waals surface area (Å²) in [4.78, 5) is 30.0. The predicted molar refractivity (Wildman–Crippen MR) is 32.0 cm³/mol. The van der Waals surface area contributed by atoms with E-state index in [4.69, 9.17) is 5.11 Å². The Balaban J connectivity index is -0.000000720. The molecule has 1 N–H and O–H groups in total. The standard InChI is InChI=1S/C6H8O7.K.Zn/c7-4(8)1-3(6(11)12)13-2-5(9)10;;/h3H,1-2H2,(H,7,8)(H,9,10)(H,11,12);;/q;+1;+2/p-2. The first-order valence-corrected chi connectivity index (χ1v) is 3.17. The number of carbonyl (C=O) groups is 3. The van der Waals surface area contributed by atoms with Crippen LogP contribution in [-0.4, -0.2) is 35.7 Å². The van der Waals surface area contributed by atoms with Gasteiger partial charge in [-0.2, -0.15) is 0 Å². The van der Waals surface area contributed by atoms with E-state index >= 15 is 0 Å². The van der Waals surface area contributed by atoms with Gasteiger partial charge in [0.05, 0.1) is 5.97 Å². The van der Waals surface area contributed by atoms with Crippen LogP contribution in [0.15, 0.2) is 0 Å². The topological polar surface area (TPSA) is 127 Å². The monoisotopic (exact) mass is 293 g/mol. The molecule has 0 radical (unpaired) electrons. The molecule has 0 heterocycles. The fraction of sp³-hybridized carbons (Fsp3) is 0.500. The number of rotatable bonds is 6. The first kappa shape index (κ1) is 21.0. The minimum absolute atomic E-state index is 0. The smallest absolute Gasteiger partial charge is 0.550 e. The first-order valence-electron chi connectivity index (χ1n) is 3.17. The van der Waals surface area contributed by atoms with Gasteiger partial charge < -0.3 is 29.6 Å². The van der Waals surface area contributed by atoms with Gasteiger partial charge in [-0.1, -0.05) is 0 Å². The van der Waals surface area contributed by atoms with Crippen LogP contribution in [0.25, 0.3) is 0 Å². The van der Waals surface area contributed by atoms with Crippen molar-refractivity contribution < 1.29 is 105 Å². The molecule has 0 aliphatic rings. The van der Waals surface area contributed by atoms with Crippen molar-refractivity contribution in [2.75, 3.05) is 6.61 Å². The van der Waals surface area contributed by atoms with Crippen LogP contribution in [0.2, 0.25) is 0 Å². The van der Waals surface area contributed by atoms with Gasteiger partial charge in [-0.25, -0.2) is 4.79 Å². The summed E-state index contributed by atoms with van der Waals surface area (Å²) < 4.78 is 4.19. The van der Waals surface area contributed by atoms with Crippen LogP contribution in [0.3, 0.4) is 0 Å². The third-order valence-electron chi connectivity index (χ3n) is 1.02. The van der Waals surface area contributed by atoms with Crippen molar-refractivity contribution in [2.45, 2.75) is 12.5 Å². The van der Waals surface area contributed by atoms with Crippen LogP contribution < -0.4 is 61.6 Å². The number of carboxylic acid groups (broad SMARTS) is 3. The second-order valence-corrected chi connectivity index (χ2v) is 2.09. The maximum atomic E-state index is 10.1. The fourth-order valence-corrected chi connectivity index (χ4v) is 0.534. The van der Waals surface area contributed by atoms with Crippen LogP contribution in [0, 0.1) is 0 Å². The average Bonchev–Trinajstić information content (AvgIpc) is 1.96. The van der Waals surface area contributed by atoms with Gasteiger partial charge in [-0.05, 0) is 0 Å². The van der Waals surface area contributed by atoms with Crippen molar-refractivity contribution in [1.82, 2.24) is 0 Å². The van der Waals surface area contributed by atoms with Crippen molar-refractivity contribution in [3.63, 3.8) is 0 Å². The Kier molecular flexibility index (Phi) is 15.6. The second kappa shape index (κ2) is 11.1. The van der Waals surface area contributed by atoms with E-state index in [0.29, 0.717) is 0 Å². The van der Waals surface area contributed by atoms with Crippen molar-refractivity contribution >= 4 is 17.9 Å². The third kappa shape index (κ3) is 12.6. The van der Waals surface area contributed by atoms with Crippen molar-refractivity contribution in [2.24, 2.45) is 0 Å². The van der Waals surface area contributed by atoms with Gasteiger partial charge in [0, 0.05) is 12.4 Å². The number of ether oxygens (including phenoxy) is 1. The molecule has 0 aromatic carbocycles. The largest absolute Gasteiger partial charge is 2.00 e. The Labute approximate surface area is 140 Å². The van der Waals surface area contributed by atoms with Gasteiger partial charge in [0.2, 0.25) is 0 Å². The number of carbonyl (C=O) groups excluding carboxylic acids is 2. The van der Waals surface area contributed by atoms with Crippen molar-refractivity contribution in [3.05, 3.63) is 0 Å². The van der Waals surface area contributed by atoms with E-state index in [1.54, 1.807) is 0 Å². The van der Waals surface area contributed by atoms with E-state index in [1.165, 1.54) is 0 Å². The summed E-state index contributed by atoms with van der Waals surface area (Å²) in [5.74, 6) is -4.84. The van der Waals surface area contributed by atoms with Crippen LogP contribution in [-0.2, 0) is 38.6 Å². The van der Waals surface area contributed by atoms with E-state index in [9.17, 15) is 24.6 Å². The molecule has 0 amide bonds. The molecule has 0 aromatic rings. The normalized spacial score (nSPS) is 10.4. The number of carboxylic acids is 3.